The van der Waals surface area contributed by atoms with Crippen LogP contribution in [0.1, 0.15) is 84.3 Å². The lowest BCUT2D eigenvalue weighted by Gasteiger charge is -2.36. The number of amides is 4. The maximum absolute atomic E-state index is 14.4. The molecule has 1 aromatic carbocycles. The Kier molecular flexibility index (Phi) is 10.6. The van der Waals surface area contributed by atoms with Gasteiger partial charge in [-0.05, 0) is 56.7 Å². The normalized spacial score (nSPS) is 19.6. The topological polar surface area (TPSA) is 148 Å². The molecular weight excluding hydrogens is 646 g/mol. The summed E-state index contributed by atoms with van der Waals surface area (Å²) in [6.07, 6.45) is 4.55. The number of nitrogens with one attached hydrogen (secondary N) is 3. The van der Waals surface area contributed by atoms with Crippen molar-refractivity contribution in [2.24, 2.45) is 18.4 Å². The molecular formula is C36H48ClN7O5. The van der Waals surface area contributed by atoms with E-state index >= 15 is 0 Å². The number of aryl methyl sites for hydroxylation is 1. The third kappa shape index (κ3) is 8.70. The average Bonchev–Trinajstić information content (AvgIpc) is 3.57. The quantitative estimate of drug-likeness (QED) is 0.252. The molecule has 1 aliphatic heterocycles. The van der Waals surface area contributed by atoms with E-state index in [1.807, 2.05) is 65.8 Å². The van der Waals surface area contributed by atoms with Gasteiger partial charge < -0.3 is 30.2 Å². The number of rotatable bonds is 10. The molecule has 0 radical (unpaired) electrons. The van der Waals surface area contributed by atoms with Gasteiger partial charge in [0, 0.05) is 31.3 Å². The predicted molar refractivity (Wildman–Crippen MR) is 187 cm³/mol. The molecule has 3 N–H and O–H groups in total. The van der Waals surface area contributed by atoms with Crippen molar-refractivity contribution >= 4 is 46.3 Å². The van der Waals surface area contributed by atoms with E-state index in [0.29, 0.717) is 28.8 Å². The highest BCUT2D eigenvalue weighted by molar-refractivity contribution is 6.30. The first-order chi connectivity index (χ1) is 23.0. The molecule has 49 heavy (non-hydrogen) atoms. The highest BCUT2D eigenvalue weighted by atomic mass is 35.5. The third-order valence-corrected chi connectivity index (χ3v) is 9.37. The molecule has 4 atom stereocenters. The number of carbonyl (C=O) groups is 4. The maximum atomic E-state index is 14.4. The SMILES string of the molecule is Cn1c(C(=O)C(CC2CCC2)NC(=O)[C@@H]2C[C@@H](Oc3ccc(Cl)cn3)CN2C(=O)[C@@H](NC(=O)NC(C)(C)C)C(C)(C)C)nc2ccccc21. The average molecular weight is 694 g/mol. The second-order valence-electron chi connectivity index (χ2n) is 15.4. The number of ether oxygens (including phenoxy) is 1. The summed E-state index contributed by atoms with van der Waals surface area (Å²) in [5, 5.41) is 9.19. The highest BCUT2D eigenvalue weighted by Gasteiger charge is 2.47. The van der Waals surface area contributed by atoms with Crippen molar-refractivity contribution in [1.82, 2.24) is 35.4 Å². The van der Waals surface area contributed by atoms with Crippen molar-refractivity contribution in [2.45, 2.75) is 103 Å². The zero-order valence-corrected chi connectivity index (χ0v) is 30.1. The first kappa shape index (κ1) is 36.1. The minimum Gasteiger partial charge on any atom is -0.472 e. The van der Waals surface area contributed by atoms with E-state index < -0.39 is 53.0 Å². The number of Topliss-reactive ketones (excluding diaryl/α,β-unsaturated/α-hetero) is 1. The van der Waals surface area contributed by atoms with Crippen LogP contribution >= 0.6 is 11.6 Å². The van der Waals surface area contributed by atoms with Crippen LogP contribution in [0.5, 0.6) is 5.88 Å². The molecule has 264 valence electrons. The zero-order chi connectivity index (χ0) is 35.7. The summed E-state index contributed by atoms with van der Waals surface area (Å²) >= 11 is 6.02. The van der Waals surface area contributed by atoms with Gasteiger partial charge in [0.1, 0.15) is 18.2 Å². The molecule has 0 bridgehead atoms. The minimum absolute atomic E-state index is 0.0718. The summed E-state index contributed by atoms with van der Waals surface area (Å²) in [6, 6.07) is 7.52. The molecule has 2 aromatic heterocycles. The molecule has 1 saturated heterocycles. The Morgan fingerprint density at radius 2 is 1.73 bits per heavy atom. The predicted octanol–water partition coefficient (Wildman–Crippen LogP) is 5.04. The number of pyridine rings is 1. The van der Waals surface area contributed by atoms with E-state index in [-0.39, 0.29) is 24.6 Å². The van der Waals surface area contributed by atoms with Gasteiger partial charge in [0.25, 0.3) is 0 Å². The molecule has 13 heteroatoms. The summed E-state index contributed by atoms with van der Waals surface area (Å²) < 4.78 is 7.90. The number of hydrogen-bond acceptors (Lipinski definition) is 7. The van der Waals surface area contributed by atoms with E-state index in [9.17, 15) is 19.2 Å². The molecule has 4 amide bonds. The number of carbonyl (C=O) groups excluding carboxylic acids is 4. The van der Waals surface area contributed by atoms with Crippen molar-refractivity contribution < 1.29 is 23.9 Å². The second-order valence-corrected chi connectivity index (χ2v) is 15.8. The third-order valence-electron chi connectivity index (χ3n) is 9.15. The lowest BCUT2D eigenvalue weighted by atomic mass is 9.80. The molecule has 5 rings (SSSR count). The summed E-state index contributed by atoms with van der Waals surface area (Å²) in [6.45, 7) is 11.2. The Hall–Kier alpha value is -4.19. The molecule has 3 heterocycles. The molecule has 1 saturated carbocycles. The smallest absolute Gasteiger partial charge is 0.315 e. The van der Waals surface area contributed by atoms with Crippen LogP contribution in [-0.2, 0) is 16.6 Å². The monoisotopic (exact) mass is 693 g/mol. The lowest BCUT2D eigenvalue weighted by Crippen LogP contribution is -2.61. The van der Waals surface area contributed by atoms with Gasteiger partial charge in [0.05, 0.1) is 28.6 Å². The zero-order valence-electron chi connectivity index (χ0n) is 29.4. The van der Waals surface area contributed by atoms with Crippen molar-refractivity contribution in [3.05, 3.63) is 53.4 Å². The fourth-order valence-electron chi connectivity index (χ4n) is 6.38. The number of imidazole rings is 1. The first-order valence-corrected chi connectivity index (χ1v) is 17.3. The van der Waals surface area contributed by atoms with Gasteiger partial charge >= 0.3 is 6.03 Å². The van der Waals surface area contributed by atoms with Gasteiger partial charge in [0.2, 0.25) is 23.5 Å². The van der Waals surface area contributed by atoms with Crippen LogP contribution < -0.4 is 20.7 Å². The number of benzene rings is 1. The number of likely N-dealkylation sites (tertiary alicyclic amines) is 1. The van der Waals surface area contributed by atoms with Gasteiger partial charge in [-0.25, -0.2) is 14.8 Å². The number of para-hydroxylation sites is 2. The minimum atomic E-state index is -0.973. The molecule has 2 aliphatic rings. The fourth-order valence-corrected chi connectivity index (χ4v) is 6.49. The van der Waals surface area contributed by atoms with Gasteiger partial charge in [-0.15, -0.1) is 0 Å². The van der Waals surface area contributed by atoms with Crippen molar-refractivity contribution in [3.8, 4) is 5.88 Å². The number of aromatic nitrogens is 3. The fraction of sp³-hybridized carbons (Fsp3) is 0.556. The Morgan fingerprint density at radius 3 is 2.33 bits per heavy atom. The number of hydrogen-bond donors (Lipinski definition) is 3. The molecule has 3 aromatic rings. The molecule has 1 aliphatic carbocycles. The second kappa shape index (κ2) is 14.3. The summed E-state index contributed by atoms with van der Waals surface area (Å²) in [5.41, 5.74) is 0.283. The Labute approximate surface area is 292 Å². The van der Waals surface area contributed by atoms with E-state index in [4.69, 9.17) is 16.3 Å². The van der Waals surface area contributed by atoms with Crippen LogP contribution in [0, 0.1) is 11.3 Å². The lowest BCUT2D eigenvalue weighted by molar-refractivity contribution is -0.142. The van der Waals surface area contributed by atoms with Gasteiger partial charge in [-0.3, -0.25) is 14.4 Å². The van der Waals surface area contributed by atoms with Crippen LogP contribution in [0.4, 0.5) is 4.79 Å². The van der Waals surface area contributed by atoms with Gasteiger partial charge in [-0.1, -0.05) is 63.8 Å². The molecule has 0 spiro atoms. The van der Waals surface area contributed by atoms with E-state index in [1.54, 1.807) is 23.7 Å². The maximum Gasteiger partial charge on any atom is 0.315 e. The standard InChI is InChI=1S/C36H48ClN7O5/c1-35(2,3)30(41-34(48)42-36(4,5)6)33(47)44-20-23(49-28-16-15-22(37)19-38-28)18-27(44)32(46)40-25(17-21-11-10-12-21)29(45)31-39-24-13-8-9-14-26(24)43(31)7/h8-9,13-16,19,21,23,25,27,30H,10-12,17-18,20H2,1-7H3,(H,40,46)(H2,41,42,48)/t23-,25?,27+,30-/m1/s1. The van der Waals surface area contributed by atoms with E-state index in [1.165, 1.54) is 11.1 Å². The number of urea groups is 1. The van der Waals surface area contributed by atoms with Gasteiger partial charge in [0.15, 0.2) is 5.82 Å². The largest absolute Gasteiger partial charge is 0.472 e. The summed E-state index contributed by atoms with van der Waals surface area (Å²) in [5.74, 6) is -0.301. The number of halogens is 1. The van der Waals surface area contributed by atoms with Gasteiger partial charge in [-0.2, -0.15) is 0 Å². The Balaban J connectivity index is 1.43. The van der Waals surface area contributed by atoms with Crippen LogP contribution in [0.25, 0.3) is 11.0 Å². The summed E-state index contributed by atoms with van der Waals surface area (Å²) in [4.78, 5) is 66.1. The molecule has 12 nitrogen and oxygen atoms in total. The van der Waals surface area contributed by atoms with Crippen molar-refractivity contribution in [1.29, 1.82) is 0 Å². The Morgan fingerprint density at radius 1 is 1.02 bits per heavy atom. The van der Waals surface area contributed by atoms with Crippen LogP contribution in [0.2, 0.25) is 5.02 Å². The van der Waals surface area contributed by atoms with Crippen molar-refractivity contribution in [3.63, 3.8) is 0 Å². The van der Waals surface area contributed by atoms with Crippen molar-refractivity contribution in [2.75, 3.05) is 6.54 Å². The number of nitrogens with zero attached hydrogens (tertiary/aromatic N) is 4. The van der Waals surface area contributed by atoms with Crippen LogP contribution in [-0.4, -0.2) is 79.4 Å². The number of ketones is 1. The van der Waals surface area contributed by atoms with E-state index in [0.717, 1.165) is 24.8 Å². The number of fused-ring (bicyclic) bond motifs is 1. The Bertz CT molecular complexity index is 1690. The van der Waals surface area contributed by atoms with Crippen LogP contribution in [0.3, 0.4) is 0 Å². The molecule has 1 unspecified atom stereocenters. The summed E-state index contributed by atoms with van der Waals surface area (Å²) in [7, 11) is 1.80. The van der Waals surface area contributed by atoms with E-state index in [2.05, 4.69) is 25.9 Å². The van der Waals surface area contributed by atoms with Crippen LogP contribution in [0.15, 0.2) is 42.6 Å². The first-order valence-electron chi connectivity index (χ1n) is 16.9. The molecule has 2 fully saturated rings. The highest BCUT2D eigenvalue weighted by Crippen LogP contribution is 2.32.